The van der Waals surface area contributed by atoms with Crippen LogP contribution in [0.15, 0.2) is 24.3 Å². The number of fused-ring (bicyclic) bond motifs is 1. The molecule has 2 fully saturated rings. The van der Waals surface area contributed by atoms with Gasteiger partial charge < -0.3 is 10.6 Å². The molecule has 2 aliphatic carbocycles. The maximum Gasteiger partial charge on any atom is 0.263 e. The molecular weight excluding hydrogens is 280 g/mol. The molecule has 1 heterocycles. The van der Waals surface area contributed by atoms with Crippen molar-refractivity contribution < 1.29 is 4.79 Å². The first-order chi connectivity index (χ1) is 10.2. The predicted molar refractivity (Wildman–Crippen MR) is 87.6 cm³/mol. The minimum Gasteiger partial charge on any atom is -0.399 e. The normalized spacial score (nSPS) is 18.1. The van der Waals surface area contributed by atoms with Gasteiger partial charge in [0.1, 0.15) is 0 Å². The fourth-order valence-electron chi connectivity index (χ4n) is 2.79. The fraction of sp³-hybridized carbons (Fsp3) is 0.471. The van der Waals surface area contributed by atoms with Gasteiger partial charge in [0, 0.05) is 23.5 Å². The molecule has 0 radical (unpaired) electrons. The first kappa shape index (κ1) is 13.1. The van der Waals surface area contributed by atoms with Gasteiger partial charge >= 0.3 is 0 Å². The van der Waals surface area contributed by atoms with Crippen molar-refractivity contribution >= 4 is 33.0 Å². The Bertz CT molecular complexity index is 671. The second-order valence-corrected chi connectivity index (χ2v) is 7.59. The Labute approximate surface area is 128 Å². The van der Waals surface area contributed by atoms with E-state index in [9.17, 15) is 4.79 Å². The van der Waals surface area contributed by atoms with Gasteiger partial charge in [0.05, 0.1) is 4.88 Å². The van der Waals surface area contributed by atoms with Gasteiger partial charge in [0.25, 0.3) is 5.91 Å². The highest BCUT2D eigenvalue weighted by Crippen LogP contribution is 2.35. The number of nitrogen functional groups attached to an aromatic ring is 1. The van der Waals surface area contributed by atoms with Crippen molar-refractivity contribution in [2.45, 2.75) is 25.7 Å². The quantitative estimate of drug-likeness (QED) is 0.855. The van der Waals surface area contributed by atoms with Crippen LogP contribution in [-0.2, 0) is 0 Å². The number of hydrogen-bond acceptors (Lipinski definition) is 3. The molecule has 0 bridgehead atoms. The highest BCUT2D eigenvalue weighted by molar-refractivity contribution is 7.20. The van der Waals surface area contributed by atoms with E-state index < -0.39 is 0 Å². The SMILES string of the molecule is Nc1ccc2sc(C(=O)N(CC3CC3)CC3CC3)cc2c1. The molecular formula is C17H20N2OS. The molecule has 0 spiro atoms. The summed E-state index contributed by atoms with van der Waals surface area (Å²) < 4.78 is 1.14. The van der Waals surface area contributed by atoms with Crippen LogP contribution in [-0.4, -0.2) is 23.9 Å². The van der Waals surface area contributed by atoms with Crippen molar-refractivity contribution in [1.82, 2.24) is 4.90 Å². The molecule has 110 valence electrons. The van der Waals surface area contributed by atoms with Gasteiger partial charge in [-0.25, -0.2) is 0 Å². The van der Waals surface area contributed by atoms with E-state index in [1.165, 1.54) is 25.7 Å². The van der Waals surface area contributed by atoms with E-state index in [-0.39, 0.29) is 5.91 Å². The molecule has 2 aliphatic rings. The number of benzene rings is 1. The van der Waals surface area contributed by atoms with Crippen molar-refractivity contribution in [2.24, 2.45) is 11.8 Å². The summed E-state index contributed by atoms with van der Waals surface area (Å²) >= 11 is 1.59. The van der Waals surface area contributed by atoms with Gasteiger partial charge in [-0.15, -0.1) is 11.3 Å². The van der Waals surface area contributed by atoms with E-state index in [1.54, 1.807) is 11.3 Å². The van der Waals surface area contributed by atoms with Crippen LogP contribution < -0.4 is 5.73 Å². The lowest BCUT2D eigenvalue weighted by Gasteiger charge is -2.21. The van der Waals surface area contributed by atoms with E-state index in [1.807, 2.05) is 24.3 Å². The minimum absolute atomic E-state index is 0.216. The average Bonchev–Trinajstić information content (AvgIpc) is 3.38. The van der Waals surface area contributed by atoms with E-state index >= 15 is 0 Å². The molecule has 1 aromatic carbocycles. The highest BCUT2D eigenvalue weighted by Gasteiger charge is 2.32. The van der Waals surface area contributed by atoms with Crippen molar-refractivity contribution in [3.8, 4) is 0 Å². The summed E-state index contributed by atoms with van der Waals surface area (Å²) in [5.74, 6) is 1.71. The summed E-state index contributed by atoms with van der Waals surface area (Å²) in [5.41, 5.74) is 6.58. The summed E-state index contributed by atoms with van der Waals surface area (Å²) in [6, 6.07) is 7.87. The van der Waals surface area contributed by atoms with Crippen molar-refractivity contribution in [1.29, 1.82) is 0 Å². The number of anilines is 1. The molecule has 2 aromatic rings. The number of hydrogen-bond donors (Lipinski definition) is 1. The molecule has 1 aromatic heterocycles. The molecule has 21 heavy (non-hydrogen) atoms. The van der Waals surface area contributed by atoms with Crippen LogP contribution in [0, 0.1) is 11.8 Å². The molecule has 2 N–H and O–H groups in total. The van der Waals surface area contributed by atoms with Crippen LogP contribution >= 0.6 is 11.3 Å². The molecule has 4 rings (SSSR count). The maximum atomic E-state index is 12.8. The lowest BCUT2D eigenvalue weighted by molar-refractivity contribution is 0.0744. The number of nitrogens with zero attached hydrogens (tertiary/aromatic N) is 1. The summed E-state index contributed by atoms with van der Waals surface area (Å²) in [5, 5.41) is 1.08. The lowest BCUT2D eigenvalue weighted by atomic mass is 10.2. The summed E-state index contributed by atoms with van der Waals surface area (Å²) in [6.07, 6.45) is 5.16. The molecule has 1 amide bonds. The summed E-state index contributed by atoms with van der Waals surface area (Å²) in [4.78, 5) is 15.8. The minimum atomic E-state index is 0.216. The van der Waals surface area contributed by atoms with E-state index in [0.29, 0.717) is 0 Å². The van der Waals surface area contributed by atoms with Gasteiger partial charge in [-0.05, 0) is 67.2 Å². The van der Waals surface area contributed by atoms with Crippen molar-refractivity contribution in [3.63, 3.8) is 0 Å². The van der Waals surface area contributed by atoms with Gasteiger partial charge in [-0.3, -0.25) is 4.79 Å². The third-order valence-corrected chi connectivity index (χ3v) is 5.49. The summed E-state index contributed by atoms with van der Waals surface area (Å²) in [7, 11) is 0. The van der Waals surface area contributed by atoms with Crippen molar-refractivity contribution in [2.75, 3.05) is 18.8 Å². The largest absolute Gasteiger partial charge is 0.399 e. The van der Waals surface area contributed by atoms with Gasteiger partial charge in [-0.1, -0.05) is 0 Å². The zero-order valence-corrected chi connectivity index (χ0v) is 12.9. The number of thiophene rings is 1. The van der Waals surface area contributed by atoms with Gasteiger partial charge in [0.15, 0.2) is 0 Å². The van der Waals surface area contributed by atoms with E-state index in [0.717, 1.165) is 45.6 Å². The monoisotopic (exact) mass is 300 g/mol. The number of rotatable bonds is 5. The lowest BCUT2D eigenvalue weighted by Crippen LogP contribution is -2.34. The van der Waals surface area contributed by atoms with Crippen LogP contribution in [0.2, 0.25) is 0 Å². The van der Waals surface area contributed by atoms with Gasteiger partial charge in [-0.2, -0.15) is 0 Å². The Balaban J connectivity index is 1.59. The van der Waals surface area contributed by atoms with Crippen molar-refractivity contribution in [3.05, 3.63) is 29.1 Å². The molecule has 3 nitrogen and oxygen atoms in total. The Hall–Kier alpha value is -1.55. The molecule has 4 heteroatoms. The number of amides is 1. The number of nitrogens with two attached hydrogens (primary N) is 1. The Morgan fingerprint density at radius 2 is 1.81 bits per heavy atom. The maximum absolute atomic E-state index is 12.8. The smallest absolute Gasteiger partial charge is 0.263 e. The van der Waals surface area contributed by atoms with Crippen LogP contribution in [0.4, 0.5) is 5.69 Å². The average molecular weight is 300 g/mol. The molecule has 2 saturated carbocycles. The Morgan fingerprint density at radius 1 is 1.14 bits per heavy atom. The Morgan fingerprint density at radius 3 is 2.43 bits per heavy atom. The van der Waals surface area contributed by atoms with E-state index in [4.69, 9.17) is 5.73 Å². The first-order valence-electron chi connectivity index (χ1n) is 7.77. The number of carbonyl (C=O) groups excluding carboxylic acids is 1. The number of carbonyl (C=O) groups is 1. The van der Waals surface area contributed by atoms with Gasteiger partial charge in [0.2, 0.25) is 0 Å². The van der Waals surface area contributed by atoms with Crippen LogP contribution in [0.5, 0.6) is 0 Å². The summed E-state index contributed by atoms with van der Waals surface area (Å²) in [6.45, 7) is 1.90. The molecule has 0 aliphatic heterocycles. The standard InChI is InChI=1S/C17H20N2OS/c18-14-5-6-15-13(7-14)8-16(21-15)17(20)19(9-11-1-2-11)10-12-3-4-12/h5-8,11-12H,1-4,9-10,18H2. The first-order valence-corrected chi connectivity index (χ1v) is 8.59. The Kier molecular flexibility index (Phi) is 3.14. The van der Waals surface area contributed by atoms with Crippen LogP contribution in [0.3, 0.4) is 0 Å². The van der Waals surface area contributed by atoms with Crippen LogP contribution in [0.1, 0.15) is 35.4 Å². The fourth-order valence-corrected chi connectivity index (χ4v) is 3.80. The predicted octanol–water partition coefficient (Wildman–Crippen LogP) is 3.75. The molecule has 0 unspecified atom stereocenters. The third-order valence-electron chi connectivity index (χ3n) is 4.39. The topological polar surface area (TPSA) is 46.3 Å². The molecule has 0 atom stereocenters. The second-order valence-electron chi connectivity index (χ2n) is 6.50. The van der Waals surface area contributed by atoms with Crippen LogP contribution in [0.25, 0.3) is 10.1 Å². The highest BCUT2D eigenvalue weighted by atomic mass is 32.1. The zero-order chi connectivity index (χ0) is 14.4. The second kappa shape index (κ2) is 5.02. The molecule has 0 saturated heterocycles. The third kappa shape index (κ3) is 2.91. The van der Waals surface area contributed by atoms with E-state index in [2.05, 4.69) is 4.90 Å². The zero-order valence-electron chi connectivity index (χ0n) is 12.0.